The second-order valence-corrected chi connectivity index (χ2v) is 3.75. The Bertz CT molecular complexity index is 240. The van der Waals surface area contributed by atoms with Crippen LogP contribution < -0.4 is 5.73 Å². The highest BCUT2D eigenvalue weighted by Gasteiger charge is 1.96. The lowest BCUT2D eigenvalue weighted by Gasteiger charge is -1.90. The van der Waals surface area contributed by atoms with Gasteiger partial charge in [0.25, 0.3) is 0 Å². The summed E-state index contributed by atoms with van der Waals surface area (Å²) in [6.45, 7) is 2.07. The van der Waals surface area contributed by atoms with Crippen LogP contribution in [0.3, 0.4) is 0 Å². The molecule has 0 spiro atoms. The molecule has 1 nitrogen and oxygen atoms in total. The molecule has 0 aromatic carbocycles. The lowest BCUT2D eigenvalue weighted by molar-refractivity contribution is 1.39. The lowest BCUT2D eigenvalue weighted by Crippen LogP contribution is -2.09. The molecule has 1 aromatic heterocycles. The second kappa shape index (κ2) is 3.12. The molecule has 0 aliphatic heterocycles. The second-order valence-electron chi connectivity index (χ2n) is 2.23. The Morgan fingerprint density at radius 1 is 1.80 bits per heavy atom. The van der Waals surface area contributed by atoms with Crippen LogP contribution in [0.25, 0.3) is 0 Å². The number of thiocarbonyl (C=S) groups is 1. The number of aryl methyl sites for hydroxylation is 1. The predicted molar refractivity (Wildman–Crippen MR) is 49.5 cm³/mol. The Hall–Kier alpha value is -0.410. The van der Waals surface area contributed by atoms with E-state index in [1.54, 1.807) is 11.3 Å². The van der Waals surface area contributed by atoms with Crippen LogP contribution in [0, 0.1) is 6.92 Å². The maximum atomic E-state index is 5.37. The van der Waals surface area contributed by atoms with Crippen LogP contribution in [0.5, 0.6) is 0 Å². The van der Waals surface area contributed by atoms with E-state index >= 15 is 0 Å². The van der Waals surface area contributed by atoms with Crippen LogP contribution in [0.15, 0.2) is 11.4 Å². The Balaban J connectivity index is 2.67. The summed E-state index contributed by atoms with van der Waals surface area (Å²) in [5, 5.41) is 2.10. The van der Waals surface area contributed by atoms with E-state index in [9.17, 15) is 0 Å². The molecule has 0 aliphatic rings. The van der Waals surface area contributed by atoms with Crippen molar-refractivity contribution in [2.45, 2.75) is 13.3 Å². The van der Waals surface area contributed by atoms with Gasteiger partial charge in [0.15, 0.2) is 0 Å². The topological polar surface area (TPSA) is 26.0 Å². The molecule has 0 radical (unpaired) electrons. The van der Waals surface area contributed by atoms with Crippen molar-refractivity contribution in [2.75, 3.05) is 0 Å². The minimum Gasteiger partial charge on any atom is -0.393 e. The molecule has 0 unspecified atom stereocenters. The molecule has 1 rings (SSSR count). The van der Waals surface area contributed by atoms with Crippen LogP contribution >= 0.6 is 23.6 Å². The maximum Gasteiger partial charge on any atom is 0.0780 e. The van der Waals surface area contributed by atoms with Crippen LogP contribution in [0.1, 0.15) is 10.4 Å². The van der Waals surface area contributed by atoms with E-state index in [4.69, 9.17) is 18.0 Å². The van der Waals surface area contributed by atoms with Gasteiger partial charge < -0.3 is 5.73 Å². The summed E-state index contributed by atoms with van der Waals surface area (Å²) in [6.07, 6.45) is 0.744. The molecule has 2 N–H and O–H groups in total. The minimum atomic E-state index is 0.571. The molecule has 0 amide bonds. The zero-order valence-electron chi connectivity index (χ0n) is 5.76. The molecule has 0 saturated heterocycles. The molecular formula is C7H9NS2. The highest BCUT2D eigenvalue weighted by Crippen LogP contribution is 2.13. The van der Waals surface area contributed by atoms with E-state index in [1.165, 1.54) is 10.4 Å². The quantitative estimate of drug-likeness (QED) is 0.688. The zero-order valence-corrected chi connectivity index (χ0v) is 7.39. The molecule has 54 valence electrons. The van der Waals surface area contributed by atoms with E-state index < -0.39 is 0 Å². The number of hydrogen-bond donors (Lipinski definition) is 1. The van der Waals surface area contributed by atoms with Gasteiger partial charge in [0, 0.05) is 11.3 Å². The molecule has 0 saturated carbocycles. The van der Waals surface area contributed by atoms with Gasteiger partial charge in [-0.15, -0.1) is 11.3 Å². The van der Waals surface area contributed by atoms with E-state index in [2.05, 4.69) is 18.4 Å². The van der Waals surface area contributed by atoms with Gasteiger partial charge in [0.1, 0.15) is 0 Å². The van der Waals surface area contributed by atoms with E-state index in [0.717, 1.165) is 6.42 Å². The first-order valence-corrected chi connectivity index (χ1v) is 4.29. The monoisotopic (exact) mass is 171 g/mol. The first-order chi connectivity index (χ1) is 4.68. The van der Waals surface area contributed by atoms with Crippen molar-refractivity contribution in [2.24, 2.45) is 5.73 Å². The zero-order chi connectivity index (χ0) is 7.56. The number of rotatable bonds is 2. The number of thiophene rings is 1. The first-order valence-electron chi connectivity index (χ1n) is 3.01. The van der Waals surface area contributed by atoms with Crippen LogP contribution in [-0.4, -0.2) is 4.99 Å². The van der Waals surface area contributed by atoms with Gasteiger partial charge >= 0.3 is 0 Å². The van der Waals surface area contributed by atoms with Gasteiger partial charge in [0.2, 0.25) is 0 Å². The summed E-state index contributed by atoms with van der Waals surface area (Å²) in [5.74, 6) is 0. The molecule has 0 aliphatic carbocycles. The van der Waals surface area contributed by atoms with Gasteiger partial charge in [-0.25, -0.2) is 0 Å². The van der Waals surface area contributed by atoms with E-state index in [-0.39, 0.29) is 0 Å². The highest BCUT2D eigenvalue weighted by molar-refractivity contribution is 7.80. The molecule has 1 aromatic rings. The van der Waals surface area contributed by atoms with Crippen molar-refractivity contribution in [1.29, 1.82) is 0 Å². The van der Waals surface area contributed by atoms with Crippen LogP contribution in [0.2, 0.25) is 0 Å². The van der Waals surface area contributed by atoms with Gasteiger partial charge in [-0.2, -0.15) is 0 Å². The molecule has 0 bridgehead atoms. The Kier molecular flexibility index (Phi) is 2.40. The normalized spacial score (nSPS) is 9.70. The molecular weight excluding hydrogens is 162 g/mol. The average molecular weight is 171 g/mol. The van der Waals surface area contributed by atoms with Gasteiger partial charge in [-0.05, 0) is 23.9 Å². The summed E-state index contributed by atoms with van der Waals surface area (Å²) in [4.78, 5) is 1.83. The Morgan fingerprint density at radius 2 is 2.50 bits per heavy atom. The van der Waals surface area contributed by atoms with Crippen LogP contribution in [-0.2, 0) is 6.42 Å². The third-order valence-electron chi connectivity index (χ3n) is 1.13. The van der Waals surface area contributed by atoms with Crippen molar-refractivity contribution in [1.82, 2.24) is 0 Å². The average Bonchev–Trinajstić information content (AvgIpc) is 2.13. The van der Waals surface area contributed by atoms with Crippen molar-refractivity contribution in [3.05, 3.63) is 21.9 Å². The van der Waals surface area contributed by atoms with Crippen molar-refractivity contribution >= 4 is 28.5 Å². The van der Waals surface area contributed by atoms with Gasteiger partial charge in [-0.3, -0.25) is 0 Å². The fourth-order valence-electron chi connectivity index (χ4n) is 0.755. The fourth-order valence-corrected chi connectivity index (χ4v) is 1.90. The van der Waals surface area contributed by atoms with Crippen molar-refractivity contribution in [3.8, 4) is 0 Å². The minimum absolute atomic E-state index is 0.571. The SMILES string of the molecule is Cc1csc(CC(N)=S)c1. The Morgan fingerprint density at radius 3 is 2.90 bits per heavy atom. The molecule has 3 heteroatoms. The van der Waals surface area contributed by atoms with Gasteiger partial charge in [0.05, 0.1) is 4.99 Å². The number of hydrogen-bond acceptors (Lipinski definition) is 2. The Labute approximate surface area is 69.9 Å². The molecule has 1 heterocycles. The van der Waals surface area contributed by atoms with E-state index in [0.29, 0.717) is 4.99 Å². The molecule has 0 fully saturated rings. The summed E-state index contributed by atoms with van der Waals surface area (Å²) >= 11 is 6.48. The summed E-state index contributed by atoms with van der Waals surface area (Å²) in [7, 11) is 0. The standard InChI is InChI=1S/C7H9NS2/c1-5-2-6(10-4-5)3-7(8)9/h2,4H,3H2,1H3,(H2,8,9). The summed E-state index contributed by atoms with van der Waals surface area (Å²) < 4.78 is 0. The lowest BCUT2D eigenvalue weighted by atomic mass is 10.3. The third-order valence-corrected chi connectivity index (χ3v) is 2.33. The predicted octanol–water partition coefficient (Wildman–Crippen LogP) is 1.89. The largest absolute Gasteiger partial charge is 0.393 e. The van der Waals surface area contributed by atoms with E-state index in [1.807, 2.05) is 0 Å². The smallest absolute Gasteiger partial charge is 0.0780 e. The van der Waals surface area contributed by atoms with Crippen molar-refractivity contribution in [3.63, 3.8) is 0 Å². The number of nitrogens with two attached hydrogens (primary N) is 1. The maximum absolute atomic E-state index is 5.37. The van der Waals surface area contributed by atoms with Gasteiger partial charge in [-0.1, -0.05) is 12.2 Å². The first kappa shape index (κ1) is 7.69. The third kappa shape index (κ3) is 2.08. The molecule has 0 atom stereocenters. The summed E-state index contributed by atoms with van der Waals surface area (Å²) in [6, 6.07) is 2.11. The van der Waals surface area contributed by atoms with Crippen LogP contribution in [0.4, 0.5) is 0 Å². The van der Waals surface area contributed by atoms with Crippen molar-refractivity contribution < 1.29 is 0 Å². The fraction of sp³-hybridized carbons (Fsp3) is 0.286. The summed E-state index contributed by atoms with van der Waals surface area (Å²) in [5.41, 5.74) is 6.66. The molecule has 10 heavy (non-hydrogen) atoms. The highest BCUT2D eigenvalue weighted by atomic mass is 32.1.